The summed E-state index contributed by atoms with van der Waals surface area (Å²) in [6, 6.07) is 0. The van der Waals surface area contributed by atoms with E-state index in [9.17, 15) is 28.3 Å². The van der Waals surface area contributed by atoms with Crippen molar-refractivity contribution in [1.29, 1.82) is 0 Å². The molecule has 25 heteroatoms. The first-order valence-electron chi connectivity index (χ1n) is 11.5. The second-order valence-electron chi connectivity index (χ2n) is 9.07. The molecule has 1 aromatic heterocycles. The molecule has 1 aromatic rings. The van der Waals surface area contributed by atoms with Gasteiger partial charge in [-0.1, -0.05) is 65.0 Å². The maximum atomic E-state index is 12.7. The van der Waals surface area contributed by atoms with Gasteiger partial charge in [-0.15, -0.1) is 0 Å². The minimum Gasteiger partial charge on any atom is -0.382 e. The Morgan fingerprint density at radius 2 is 1.86 bits per heavy atom. The smallest absolute Gasteiger partial charge is 0.382 e. The van der Waals surface area contributed by atoms with Gasteiger partial charge in [0.25, 0.3) is 0 Å². The van der Waals surface area contributed by atoms with Crippen molar-refractivity contribution < 1.29 is 60.6 Å². The SMILES string of the molecule is CC(C)(C)SSCOC1C[C@H](n2cc(C#CCOCSSI)c(N)nc2=O)O[C@@H]1COP(=O)(O)OP(=O)(O)OP(=O)(O)O. The number of aromatic nitrogens is 2. The maximum Gasteiger partial charge on any atom is 0.490 e. The van der Waals surface area contributed by atoms with Gasteiger partial charge >= 0.3 is 29.2 Å². The maximum absolute atomic E-state index is 12.7. The Kier molecular flexibility index (Phi) is 16.4. The van der Waals surface area contributed by atoms with Crippen molar-refractivity contribution in [2.75, 3.05) is 30.8 Å². The average molecular weight is 860 g/mol. The molecule has 0 radical (unpaired) electrons. The van der Waals surface area contributed by atoms with Gasteiger partial charge in [0, 0.05) is 38.6 Å². The molecule has 5 atom stereocenters. The number of nitrogen functional groups attached to an aromatic ring is 1. The van der Waals surface area contributed by atoms with E-state index in [4.69, 9.17) is 34.3 Å². The molecule has 0 amide bonds. The van der Waals surface area contributed by atoms with Crippen molar-refractivity contribution in [2.45, 2.75) is 50.4 Å². The Morgan fingerprint density at radius 3 is 2.49 bits per heavy atom. The van der Waals surface area contributed by atoms with Crippen molar-refractivity contribution >= 4 is 90.8 Å². The highest BCUT2D eigenvalue weighted by Crippen LogP contribution is 2.66. The van der Waals surface area contributed by atoms with Crippen LogP contribution >= 0.6 is 85.0 Å². The zero-order valence-corrected chi connectivity index (χ0v) is 30.6. The number of phosphoric ester groups is 1. The van der Waals surface area contributed by atoms with Gasteiger partial charge in [-0.3, -0.25) is 9.09 Å². The quantitative estimate of drug-likeness (QED) is 0.0393. The molecule has 3 unspecified atom stereocenters. The van der Waals surface area contributed by atoms with Crippen LogP contribution < -0.4 is 11.4 Å². The normalized spacial score (nSPS) is 22.0. The zero-order chi connectivity index (χ0) is 32.5. The van der Waals surface area contributed by atoms with E-state index in [-0.39, 0.29) is 35.1 Å². The summed E-state index contributed by atoms with van der Waals surface area (Å²) in [7, 11) is -10.8. The second kappa shape index (κ2) is 17.7. The molecular formula is C18H29IN3O14P3S4. The van der Waals surface area contributed by atoms with Crippen molar-refractivity contribution in [3.05, 3.63) is 22.2 Å². The van der Waals surface area contributed by atoms with E-state index in [1.165, 1.54) is 46.5 Å². The molecule has 0 aromatic carbocycles. The van der Waals surface area contributed by atoms with Crippen molar-refractivity contribution in [3.63, 3.8) is 0 Å². The number of hydrogen-bond acceptors (Lipinski definition) is 16. The van der Waals surface area contributed by atoms with Crippen molar-refractivity contribution in [1.82, 2.24) is 9.55 Å². The van der Waals surface area contributed by atoms with E-state index < -0.39 is 54.2 Å². The van der Waals surface area contributed by atoms with Gasteiger partial charge in [0.2, 0.25) is 0 Å². The fraction of sp³-hybridized carbons (Fsp3) is 0.667. The summed E-state index contributed by atoms with van der Waals surface area (Å²) in [4.78, 5) is 53.1. The third-order valence-electron chi connectivity index (χ3n) is 4.50. The number of anilines is 1. The number of rotatable bonds is 16. The summed E-state index contributed by atoms with van der Waals surface area (Å²) in [6.07, 6.45) is -1.60. The van der Waals surface area contributed by atoms with Crippen LogP contribution in [0.5, 0.6) is 0 Å². The lowest BCUT2D eigenvalue weighted by molar-refractivity contribution is -0.0543. The van der Waals surface area contributed by atoms with Crippen molar-refractivity contribution in [3.8, 4) is 11.8 Å². The number of ether oxygens (including phenoxy) is 3. The fourth-order valence-corrected chi connectivity index (χ4v) is 9.51. The number of halogens is 1. The molecule has 0 aliphatic carbocycles. The van der Waals surface area contributed by atoms with Crippen LogP contribution in [0.15, 0.2) is 11.0 Å². The minimum absolute atomic E-state index is 0.0395. The van der Waals surface area contributed by atoms with Crippen LogP contribution in [0.2, 0.25) is 0 Å². The first-order chi connectivity index (χ1) is 19.8. The molecular weight excluding hydrogens is 830 g/mol. The molecule has 43 heavy (non-hydrogen) atoms. The summed E-state index contributed by atoms with van der Waals surface area (Å²) in [5, 5.41) is 0. The minimum atomic E-state index is -5.71. The van der Waals surface area contributed by atoms with E-state index >= 15 is 0 Å². The van der Waals surface area contributed by atoms with Crippen LogP contribution in [0.1, 0.15) is 39.0 Å². The molecule has 2 heterocycles. The van der Waals surface area contributed by atoms with Crippen LogP contribution in [0.3, 0.4) is 0 Å². The third-order valence-corrected chi connectivity index (χ3v) is 14.5. The van der Waals surface area contributed by atoms with Gasteiger partial charge in [-0.2, -0.15) is 13.6 Å². The fourth-order valence-electron chi connectivity index (χ4n) is 3.04. The Bertz CT molecular complexity index is 1350. The van der Waals surface area contributed by atoms with Crippen LogP contribution in [0.25, 0.3) is 0 Å². The highest BCUT2D eigenvalue weighted by molar-refractivity contribution is 14.2. The Morgan fingerprint density at radius 1 is 1.16 bits per heavy atom. The molecule has 0 bridgehead atoms. The van der Waals surface area contributed by atoms with Gasteiger partial charge in [0.1, 0.15) is 36.6 Å². The topological polar surface area (TPSA) is 248 Å². The molecule has 6 N–H and O–H groups in total. The summed E-state index contributed by atoms with van der Waals surface area (Å²) >= 11 is 2.11. The molecule has 246 valence electrons. The molecule has 1 aliphatic heterocycles. The van der Waals surface area contributed by atoms with E-state index in [2.05, 4.69) is 46.7 Å². The van der Waals surface area contributed by atoms with Crippen LogP contribution in [-0.4, -0.2) is 71.2 Å². The van der Waals surface area contributed by atoms with Gasteiger partial charge in [-0.25, -0.2) is 18.5 Å². The van der Waals surface area contributed by atoms with Crippen LogP contribution in [0, 0.1) is 11.8 Å². The third kappa shape index (κ3) is 15.9. The number of nitrogens with two attached hydrogens (primary N) is 1. The monoisotopic (exact) mass is 859 g/mol. The highest BCUT2D eigenvalue weighted by Gasteiger charge is 2.43. The zero-order valence-electron chi connectivity index (χ0n) is 22.5. The Labute approximate surface area is 274 Å². The van der Waals surface area contributed by atoms with Gasteiger partial charge < -0.3 is 39.5 Å². The Balaban J connectivity index is 2.20. The molecule has 1 saturated heterocycles. The summed E-state index contributed by atoms with van der Waals surface area (Å²) in [6.45, 7) is 5.34. The van der Waals surface area contributed by atoms with E-state index in [0.29, 0.717) is 5.94 Å². The molecule has 17 nitrogen and oxygen atoms in total. The van der Waals surface area contributed by atoms with Gasteiger partial charge in [-0.05, 0) is 7.97 Å². The number of hydrogen-bond donors (Lipinski definition) is 5. The van der Waals surface area contributed by atoms with E-state index in [1.807, 2.05) is 20.8 Å². The van der Waals surface area contributed by atoms with Gasteiger partial charge in [0.15, 0.2) is 0 Å². The lowest BCUT2D eigenvalue weighted by Crippen LogP contribution is -2.29. The lowest BCUT2D eigenvalue weighted by atomic mass is 10.2. The average Bonchev–Trinajstić information content (AvgIpc) is 3.23. The predicted octanol–water partition coefficient (Wildman–Crippen LogP) is 4.04. The van der Waals surface area contributed by atoms with Gasteiger partial charge in [0.05, 0.1) is 18.3 Å². The Hall–Kier alpha value is 0.660. The lowest BCUT2D eigenvalue weighted by Gasteiger charge is -2.22. The van der Waals surface area contributed by atoms with Crippen LogP contribution in [-0.2, 0) is 41.1 Å². The standard InChI is InChI=1S/C18H29IN3O14P3S4/c1-18(2,3)42-40-11-32-13-7-15(22-8-12(16(20)21-17(22)23)5-4-6-31-10-41-43-19)34-14(13)9-33-38(27,28)36-39(29,30)35-37(24,25)26/h8,13-15H,6-7,9-11H2,1-3H3,(H,27,28)(H,29,30)(H2,20,21,23)(H2,24,25,26)/t13?,14-,15-/m1/s1. The largest absolute Gasteiger partial charge is 0.490 e. The molecule has 0 saturated carbocycles. The molecule has 1 fully saturated rings. The number of nitrogens with zero attached hydrogens (tertiary/aromatic N) is 2. The first-order valence-corrected chi connectivity index (χ1v) is 23.2. The van der Waals surface area contributed by atoms with Crippen molar-refractivity contribution in [2.24, 2.45) is 0 Å². The summed E-state index contributed by atoms with van der Waals surface area (Å²) < 4.78 is 65.1. The molecule has 0 spiro atoms. The molecule has 1 aliphatic rings. The van der Waals surface area contributed by atoms with E-state index in [1.54, 1.807) is 0 Å². The molecule has 2 rings (SSSR count). The summed E-state index contributed by atoms with van der Waals surface area (Å²) in [5.41, 5.74) is 5.31. The van der Waals surface area contributed by atoms with E-state index in [0.717, 1.165) is 4.57 Å². The summed E-state index contributed by atoms with van der Waals surface area (Å²) in [5.74, 6) is 6.00. The number of phosphoric acid groups is 3. The predicted molar refractivity (Wildman–Crippen MR) is 173 cm³/mol. The van der Waals surface area contributed by atoms with Crippen LogP contribution in [0.4, 0.5) is 5.82 Å². The first kappa shape index (κ1) is 39.8. The highest BCUT2D eigenvalue weighted by atomic mass is 127. The second-order valence-corrected chi connectivity index (χ2v) is 21.5.